The van der Waals surface area contributed by atoms with Crippen molar-refractivity contribution in [3.63, 3.8) is 0 Å². The van der Waals surface area contributed by atoms with Gasteiger partial charge in [0.15, 0.2) is 0 Å². The fourth-order valence-electron chi connectivity index (χ4n) is 2.21. The number of halogens is 2. The number of nitro groups is 1. The Morgan fingerprint density at radius 1 is 1.38 bits per heavy atom. The highest BCUT2D eigenvalue weighted by atomic mass is 79.9. The maximum Gasteiger partial charge on any atom is 0.312 e. The van der Waals surface area contributed by atoms with Crippen LogP contribution >= 0.6 is 38.9 Å². The van der Waals surface area contributed by atoms with Crippen LogP contribution in [0.25, 0.3) is 10.1 Å². The molecule has 0 saturated heterocycles. The van der Waals surface area contributed by atoms with E-state index in [2.05, 4.69) is 26.5 Å². The number of thiophene rings is 1. The molecule has 0 atom stereocenters. The number of aromatic hydroxyl groups is 1. The summed E-state index contributed by atoms with van der Waals surface area (Å²) in [6, 6.07) is 9.94. The van der Waals surface area contributed by atoms with E-state index in [4.69, 9.17) is 11.6 Å². The highest BCUT2D eigenvalue weighted by molar-refractivity contribution is 9.10. The zero-order valence-electron chi connectivity index (χ0n) is 12.8. The van der Waals surface area contributed by atoms with Crippen LogP contribution in [0.4, 0.5) is 5.69 Å². The van der Waals surface area contributed by atoms with Gasteiger partial charge in [-0.3, -0.25) is 14.9 Å². The minimum atomic E-state index is -0.715. The first-order chi connectivity index (χ1) is 12.4. The van der Waals surface area contributed by atoms with Gasteiger partial charge >= 0.3 is 5.69 Å². The summed E-state index contributed by atoms with van der Waals surface area (Å²) in [4.78, 5) is 22.8. The van der Waals surface area contributed by atoms with Crippen molar-refractivity contribution >= 4 is 66.8 Å². The Morgan fingerprint density at radius 3 is 2.81 bits per heavy atom. The second-order valence-electron chi connectivity index (χ2n) is 5.06. The number of carbonyl (C=O) groups is 1. The third kappa shape index (κ3) is 3.55. The van der Waals surface area contributed by atoms with E-state index >= 15 is 0 Å². The molecule has 1 amide bonds. The molecule has 0 aliphatic carbocycles. The molecule has 0 bridgehead atoms. The van der Waals surface area contributed by atoms with E-state index in [0.29, 0.717) is 14.4 Å². The average molecular weight is 455 g/mol. The third-order valence-electron chi connectivity index (χ3n) is 3.39. The third-order valence-corrected chi connectivity index (χ3v) is 5.52. The summed E-state index contributed by atoms with van der Waals surface area (Å²) < 4.78 is 1.26. The number of nitrogens with zero attached hydrogens (tertiary/aromatic N) is 2. The van der Waals surface area contributed by atoms with Crippen molar-refractivity contribution in [1.82, 2.24) is 5.43 Å². The van der Waals surface area contributed by atoms with Crippen LogP contribution < -0.4 is 5.43 Å². The number of nitrogens with one attached hydrogen (secondary N) is 1. The molecule has 0 aliphatic heterocycles. The number of rotatable bonds is 4. The summed E-state index contributed by atoms with van der Waals surface area (Å²) in [6.07, 6.45) is 1.12. The zero-order valence-corrected chi connectivity index (χ0v) is 15.9. The molecular formula is C16H9BrClN3O4S. The van der Waals surface area contributed by atoms with Gasteiger partial charge in [0.1, 0.15) is 4.88 Å². The van der Waals surface area contributed by atoms with Crippen molar-refractivity contribution in [1.29, 1.82) is 0 Å². The second-order valence-corrected chi connectivity index (χ2v) is 7.41. The summed E-state index contributed by atoms with van der Waals surface area (Å²) in [5.74, 6) is -1.06. The zero-order chi connectivity index (χ0) is 18.8. The van der Waals surface area contributed by atoms with Gasteiger partial charge in [-0.05, 0) is 12.1 Å². The first-order valence-electron chi connectivity index (χ1n) is 7.06. The molecule has 0 aliphatic rings. The molecule has 0 saturated carbocycles. The van der Waals surface area contributed by atoms with Crippen LogP contribution in [-0.2, 0) is 0 Å². The molecule has 0 fully saturated rings. The lowest BCUT2D eigenvalue weighted by Gasteiger charge is -2.02. The van der Waals surface area contributed by atoms with Gasteiger partial charge < -0.3 is 5.11 Å². The molecule has 10 heteroatoms. The van der Waals surface area contributed by atoms with Crippen LogP contribution in [0, 0.1) is 10.1 Å². The summed E-state index contributed by atoms with van der Waals surface area (Å²) in [6.45, 7) is 0. The Kier molecular flexibility index (Phi) is 5.21. The van der Waals surface area contributed by atoms with E-state index in [-0.39, 0.29) is 5.56 Å². The highest BCUT2D eigenvalue weighted by Crippen LogP contribution is 2.35. The lowest BCUT2D eigenvalue weighted by Crippen LogP contribution is -2.16. The largest absolute Gasteiger partial charge is 0.502 e. The van der Waals surface area contributed by atoms with Gasteiger partial charge in [0.05, 0.1) is 16.2 Å². The Balaban J connectivity index is 1.83. The van der Waals surface area contributed by atoms with Crippen molar-refractivity contribution < 1.29 is 14.8 Å². The van der Waals surface area contributed by atoms with E-state index in [0.717, 1.165) is 16.3 Å². The first kappa shape index (κ1) is 18.3. The van der Waals surface area contributed by atoms with Crippen molar-refractivity contribution in [2.75, 3.05) is 0 Å². The number of hydrogen-bond acceptors (Lipinski definition) is 6. The number of benzene rings is 2. The lowest BCUT2D eigenvalue weighted by atomic mass is 10.2. The number of fused-ring (bicyclic) bond motifs is 1. The predicted octanol–water partition coefficient (Wildman–Crippen LogP) is 4.69. The molecule has 0 radical (unpaired) electrons. The molecule has 0 spiro atoms. The van der Waals surface area contributed by atoms with Crippen LogP contribution in [0.1, 0.15) is 15.2 Å². The van der Waals surface area contributed by atoms with Crippen LogP contribution in [0.5, 0.6) is 5.75 Å². The predicted molar refractivity (Wildman–Crippen MR) is 104 cm³/mol. The SMILES string of the molecule is O=C(NN=Cc1cc(Br)cc([N+](=O)[O-])c1O)c1sc2ccccc2c1Cl. The maximum absolute atomic E-state index is 12.3. The normalized spacial score (nSPS) is 11.2. The standard InChI is InChI=1S/C16H9BrClN3O4S/c17-9-5-8(14(22)11(6-9)21(24)25)7-19-20-16(23)15-13(18)10-3-1-2-4-12(10)26-15/h1-7,22H,(H,20,23). The van der Waals surface area contributed by atoms with Crippen LogP contribution in [0.2, 0.25) is 5.02 Å². The molecule has 2 aromatic carbocycles. The van der Waals surface area contributed by atoms with Crippen LogP contribution in [0.3, 0.4) is 0 Å². The summed E-state index contributed by atoms with van der Waals surface area (Å²) in [5.41, 5.74) is 1.91. The van der Waals surface area contributed by atoms with Crippen molar-refractivity contribution in [2.45, 2.75) is 0 Å². The minimum absolute atomic E-state index is 0.0776. The molecular weight excluding hydrogens is 446 g/mol. The number of amides is 1. The molecule has 3 aromatic rings. The summed E-state index contributed by atoms with van der Waals surface area (Å²) >= 11 is 10.6. The first-order valence-corrected chi connectivity index (χ1v) is 9.04. The fraction of sp³-hybridized carbons (Fsp3) is 0. The fourth-order valence-corrected chi connectivity index (χ4v) is 4.08. The Labute approximate surface area is 164 Å². The molecule has 3 rings (SSSR count). The number of carbonyl (C=O) groups excluding carboxylic acids is 1. The smallest absolute Gasteiger partial charge is 0.312 e. The Morgan fingerprint density at radius 2 is 2.12 bits per heavy atom. The van der Waals surface area contributed by atoms with Crippen LogP contribution in [-0.4, -0.2) is 22.2 Å². The van der Waals surface area contributed by atoms with Gasteiger partial charge in [-0.25, -0.2) is 5.43 Å². The second kappa shape index (κ2) is 7.40. The molecule has 0 unspecified atom stereocenters. The van der Waals surface area contributed by atoms with Gasteiger partial charge in [0, 0.05) is 26.2 Å². The molecule has 132 valence electrons. The maximum atomic E-state index is 12.3. The molecule has 1 heterocycles. The van der Waals surface area contributed by atoms with E-state index in [9.17, 15) is 20.0 Å². The molecule has 2 N–H and O–H groups in total. The average Bonchev–Trinajstić information content (AvgIpc) is 2.94. The van der Waals surface area contributed by atoms with Gasteiger partial charge in [0.25, 0.3) is 5.91 Å². The Hall–Kier alpha value is -2.49. The van der Waals surface area contributed by atoms with Gasteiger partial charge in [-0.1, -0.05) is 45.7 Å². The number of hydrazone groups is 1. The van der Waals surface area contributed by atoms with E-state index in [1.54, 1.807) is 0 Å². The highest BCUT2D eigenvalue weighted by Gasteiger charge is 2.18. The van der Waals surface area contributed by atoms with Crippen molar-refractivity contribution in [2.24, 2.45) is 5.10 Å². The van der Waals surface area contributed by atoms with Gasteiger partial charge in [0.2, 0.25) is 5.75 Å². The van der Waals surface area contributed by atoms with Crippen LogP contribution in [0.15, 0.2) is 46.0 Å². The van der Waals surface area contributed by atoms with E-state index < -0.39 is 22.3 Å². The summed E-state index contributed by atoms with van der Waals surface area (Å²) in [5, 5.41) is 25.7. The molecule has 26 heavy (non-hydrogen) atoms. The number of hydrogen-bond donors (Lipinski definition) is 2. The minimum Gasteiger partial charge on any atom is -0.502 e. The number of nitro benzene ring substituents is 1. The van der Waals surface area contributed by atoms with Gasteiger partial charge in [-0.15, -0.1) is 11.3 Å². The number of phenolic OH excluding ortho intramolecular Hbond substituents is 1. The van der Waals surface area contributed by atoms with E-state index in [1.807, 2.05) is 24.3 Å². The van der Waals surface area contributed by atoms with Gasteiger partial charge in [-0.2, -0.15) is 5.10 Å². The quantitative estimate of drug-likeness (QED) is 0.339. The molecule has 1 aromatic heterocycles. The van der Waals surface area contributed by atoms with Crippen molar-refractivity contribution in [3.05, 3.63) is 66.4 Å². The lowest BCUT2D eigenvalue weighted by molar-refractivity contribution is -0.385. The molecule has 7 nitrogen and oxygen atoms in total. The topological polar surface area (TPSA) is 105 Å². The Bertz CT molecular complexity index is 1070. The van der Waals surface area contributed by atoms with Crippen molar-refractivity contribution in [3.8, 4) is 5.75 Å². The number of phenols is 1. The van der Waals surface area contributed by atoms with E-state index in [1.165, 1.54) is 23.5 Å². The monoisotopic (exact) mass is 453 g/mol. The summed E-state index contributed by atoms with van der Waals surface area (Å²) in [7, 11) is 0.